The quantitative estimate of drug-likeness (QED) is 0.485. The minimum Gasteiger partial charge on any atom is -0.487 e. The van der Waals surface area contributed by atoms with Gasteiger partial charge in [-0.25, -0.2) is 17.8 Å². The van der Waals surface area contributed by atoms with Crippen molar-refractivity contribution in [2.24, 2.45) is 5.92 Å². The molecule has 2 aromatic carbocycles. The van der Waals surface area contributed by atoms with Crippen LogP contribution in [0, 0.1) is 23.6 Å². The van der Waals surface area contributed by atoms with E-state index in [1.54, 1.807) is 43.5 Å². The summed E-state index contributed by atoms with van der Waals surface area (Å²) in [5.74, 6) is 5.74. The largest absolute Gasteiger partial charge is 0.487 e. The minimum atomic E-state index is -3.94. The molecule has 38 heavy (non-hydrogen) atoms. The van der Waals surface area contributed by atoms with Gasteiger partial charge in [0.05, 0.1) is 6.61 Å². The molecule has 1 aliphatic heterocycles. The molecule has 0 aliphatic carbocycles. The summed E-state index contributed by atoms with van der Waals surface area (Å²) in [6.45, 7) is 4.47. The molecule has 3 aromatic rings. The van der Waals surface area contributed by atoms with Gasteiger partial charge in [0.15, 0.2) is 0 Å². The number of halogens is 1. The molecule has 1 N–H and O–H groups in total. The van der Waals surface area contributed by atoms with E-state index in [-0.39, 0.29) is 41.6 Å². The van der Waals surface area contributed by atoms with Gasteiger partial charge in [0.25, 0.3) is 0 Å². The number of pyridine rings is 1. The molecule has 4 rings (SSSR count). The SMILES string of the molecule is C[C@H]1CN([C@@H](C)CO)S(=O)(=O)c2ccc(C#Cc3ccccn3)cc2O[C@@H]1CN(C)Cc1cccc(F)c1. The Hall–Kier alpha value is -3.29. The highest BCUT2D eigenvalue weighted by Gasteiger charge is 2.38. The molecule has 0 bridgehead atoms. The van der Waals surface area contributed by atoms with Crippen molar-refractivity contribution in [3.63, 3.8) is 0 Å². The highest BCUT2D eigenvalue weighted by Crippen LogP contribution is 2.34. The Kier molecular flexibility index (Phi) is 8.80. The lowest BCUT2D eigenvalue weighted by atomic mass is 10.0. The van der Waals surface area contributed by atoms with Gasteiger partial charge in [0.1, 0.15) is 28.3 Å². The predicted octanol–water partition coefficient (Wildman–Crippen LogP) is 3.52. The first-order valence-electron chi connectivity index (χ1n) is 12.5. The van der Waals surface area contributed by atoms with Gasteiger partial charge in [-0.3, -0.25) is 4.90 Å². The fourth-order valence-corrected chi connectivity index (χ4v) is 6.24. The molecule has 1 aliphatic rings. The molecule has 7 nitrogen and oxygen atoms in total. The van der Waals surface area contributed by atoms with E-state index in [4.69, 9.17) is 4.74 Å². The summed E-state index contributed by atoms with van der Waals surface area (Å²) in [5.41, 5.74) is 2.02. The van der Waals surface area contributed by atoms with Gasteiger partial charge in [0.2, 0.25) is 10.0 Å². The molecule has 0 saturated carbocycles. The van der Waals surface area contributed by atoms with Gasteiger partial charge in [-0.05, 0) is 67.9 Å². The van der Waals surface area contributed by atoms with Gasteiger partial charge in [-0.2, -0.15) is 4.31 Å². The van der Waals surface area contributed by atoms with E-state index >= 15 is 0 Å². The van der Waals surface area contributed by atoms with E-state index in [9.17, 15) is 17.9 Å². The summed E-state index contributed by atoms with van der Waals surface area (Å²) in [4.78, 5) is 6.26. The molecular weight excluding hydrogens is 505 g/mol. The second-order valence-electron chi connectivity index (χ2n) is 9.69. The topological polar surface area (TPSA) is 83.0 Å². The van der Waals surface area contributed by atoms with Crippen LogP contribution in [-0.4, -0.2) is 66.6 Å². The van der Waals surface area contributed by atoms with Crippen LogP contribution in [0.5, 0.6) is 5.75 Å². The standard InChI is InChI=1S/C29H32FN3O4S/c1-21-17-33(22(2)20-34)38(35,36)29-13-11-23(10-12-26-9-4-5-14-31-26)16-27(29)37-28(21)19-32(3)18-24-7-6-8-25(30)15-24/h4-9,11,13-16,21-22,28,34H,17-20H2,1-3H3/t21-,22-,28+/m0/s1. The Balaban J connectivity index is 1.68. The molecule has 200 valence electrons. The number of sulfonamides is 1. The molecule has 0 amide bonds. The van der Waals surface area contributed by atoms with Gasteiger partial charge < -0.3 is 9.84 Å². The number of aliphatic hydroxyl groups is 1. The number of aliphatic hydroxyl groups excluding tert-OH is 1. The molecule has 3 atom stereocenters. The molecule has 0 saturated heterocycles. The minimum absolute atomic E-state index is 0.0332. The van der Waals surface area contributed by atoms with Crippen molar-refractivity contribution in [1.82, 2.24) is 14.2 Å². The molecular formula is C29H32FN3O4S. The van der Waals surface area contributed by atoms with E-state index in [2.05, 4.69) is 16.8 Å². The zero-order chi connectivity index (χ0) is 27.3. The monoisotopic (exact) mass is 537 g/mol. The fourth-order valence-electron chi connectivity index (χ4n) is 4.41. The van der Waals surface area contributed by atoms with Crippen molar-refractivity contribution < 1.29 is 22.7 Å². The number of hydrogen-bond acceptors (Lipinski definition) is 6. The molecule has 0 radical (unpaired) electrons. The predicted molar refractivity (Wildman–Crippen MR) is 143 cm³/mol. The van der Waals surface area contributed by atoms with Gasteiger partial charge in [-0.1, -0.05) is 31.0 Å². The lowest BCUT2D eigenvalue weighted by Gasteiger charge is -2.37. The van der Waals surface area contributed by atoms with Crippen LogP contribution < -0.4 is 4.74 Å². The maximum Gasteiger partial charge on any atom is 0.247 e. The normalized spacial score (nSPS) is 19.8. The van der Waals surface area contributed by atoms with Crippen LogP contribution in [0.25, 0.3) is 0 Å². The first-order chi connectivity index (χ1) is 18.2. The second kappa shape index (κ2) is 12.0. The van der Waals surface area contributed by atoms with Gasteiger partial charge >= 0.3 is 0 Å². The average molecular weight is 538 g/mol. The molecule has 1 aromatic heterocycles. The van der Waals surface area contributed by atoms with E-state index < -0.39 is 16.1 Å². The number of rotatable bonds is 6. The Morgan fingerprint density at radius 3 is 2.71 bits per heavy atom. The number of benzene rings is 2. The van der Waals surface area contributed by atoms with Crippen LogP contribution in [-0.2, 0) is 16.6 Å². The number of ether oxygens (including phenoxy) is 1. The zero-order valence-corrected chi connectivity index (χ0v) is 22.5. The number of likely N-dealkylation sites (N-methyl/N-ethyl adjacent to an activating group) is 1. The highest BCUT2D eigenvalue weighted by atomic mass is 32.2. The Morgan fingerprint density at radius 1 is 1.18 bits per heavy atom. The maximum absolute atomic E-state index is 13.7. The van der Waals surface area contributed by atoms with Crippen molar-refractivity contribution in [2.75, 3.05) is 26.7 Å². The second-order valence-corrected chi connectivity index (χ2v) is 11.6. The lowest BCUT2D eigenvalue weighted by molar-refractivity contribution is 0.0733. The van der Waals surface area contributed by atoms with Crippen molar-refractivity contribution in [3.8, 4) is 17.6 Å². The van der Waals surface area contributed by atoms with Crippen LogP contribution in [0.3, 0.4) is 0 Å². The van der Waals surface area contributed by atoms with Crippen LogP contribution in [0.2, 0.25) is 0 Å². The van der Waals surface area contributed by atoms with Gasteiger partial charge in [0, 0.05) is 43.4 Å². The number of aromatic nitrogens is 1. The summed E-state index contributed by atoms with van der Waals surface area (Å²) >= 11 is 0. The van der Waals surface area contributed by atoms with E-state index in [0.29, 0.717) is 24.3 Å². The van der Waals surface area contributed by atoms with Crippen LogP contribution in [0.4, 0.5) is 4.39 Å². The summed E-state index contributed by atoms with van der Waals surface area (Å²) in [5, 5.41) is 9.84. The number of nitrogens with zero attached hydrogens (tertiary/aromatic N) is 3. The summed E-state index contributed by atoms with van der Waals surface area (Å²) in [6, 6.07) is 16.1. The number of fused-ring (bicyclic) bond motifs is 1. The maximum atomic E-state index is 13.7. The molecule has 0 spiro atoms. The van der Waals surface area contributed by atoms with Crippen molar-refractivity contribution in [1.29, 1.82) is 0 Å². The van der Waals surface area contributed by atoms with Crippen molar-refractivity contribution in [2.45, 2.75) is 37.4 Å². The third-order valence-electron chi connectivity index (χ3n) is 6.50. The van der Waals surface area contributed by atoms with Crippen molar-refractivity contribution in [3.05, 3.63) is 89.5 Å². The third kappa shape index (κ3) is 6.58. The average Bonchev–Trinajstić information content (AvgIpc) is 2.89. The first kappa shape index (κ1) is 27.7. The summed E-state index contributed by atoms with van der Waals surface area (Å²) in [6.07, 6.45) is 1.28. The molecule has 0 unspecified atom stereocenters. The molecule has 2 heterocycles. The fraction of sp³-hybridized carbons (Fsp3) is 0.345. The van der Waals surface area contributed by atoms with Crippen LogP contribution >= 0.6 is 0 Å². The third-order valence-corrected chi connectivity index (χ3v) is 8.52. The Bertz CT molecular complexity index is 1420. The molecule has 9 heteroatoms. The number of hydrogen-bond donors (Lipinski definition) is 1. The highest BCUT2D eigenvalue weighted by molar-refractivity contribution is 7.89. The van der Waals surface area contributed by atoms with E-state index in [0.717, 1.165) is 5.56 Å². The lowest BCUT2D eigenvalue weighted by Crippen LogP contribution is -2.49. The smallest absolute Gasteiger partial charge is 0.247 e. The summed E-state index contributed by atoms with van der Waals surface area (Å²) in [7, 11) is -2.03. The Morgan fingerprint density at radius 2 is 2.00 bits per heavy atom. The van der Waals surface area contributed by atoms with E-state index in [1.807, 2.05) is 31.0 Å². The van der Waals surface area contributed by atoms with Crippen LogP contribution in [0.15, 0.2) is 71.8 Å². The van der Waals surface area contributed by atoms with Crippen molar-refractivity contribution >= 4 is 10.0 Å². The summed E-state index contributed by atoms with van der Waals surface area (Å²) < 4.78 is 48.8. The Labute approximate surface area is 223 Å². The van der Waals surface area contributed by atoms with Crippen LogP contribution in [0.1, 0.15) is 30.7 Å². The van der Waals surface area contributed by atoms with E-state index in [1.165, 1.54) is 22.5 Å². The molecule has 0 fully saturated rings. The van der Waals surface area contributed by atoms with Gasteiger partial charge in [-0.15, -0.1) is 0 Å². The first-order valence-corrected chi connectivity index (χ1v) is 13.9. The zero-order valence-electron chi connectivity index (χ0n) is 21.7.